The molecule has 0 unspecified atom stereocenters. The molecule has 0 spiro atoms. The van der Waals surface area contributed by atoms with Crippen molar-refractivity contribution in [3.8, 4) is 11.1 Å². The fourth-order valence-electron chi connectivity index (χ4n) is 2.77. The number of ether oxygens (including phenoxy) is 1. The maximum atomic E-state index is 14.8. The first-order valence-corrected chi connectivity index (χ1v) is 10.3. The van der Waals surface area contributed by atoms with E-state index in [-0.39, 0.29) is 42.8 Å². The SMILES string of the molecule is O=C(O)CCC(=O)O.[2H]C([2H])([2H])ON=C1CN(c2ncc(-c3cccc(COC(=O)CC(=N)N)c3F)cn2)C1. The van der Waals surface area contributed by atoms with Gasteiger partial charge >= 0.3 is 17.9 Å². The molecule has 2 heterocycles. The Kier molecular flexibility index (Phi) is 8.56. The molecule has 36 heavy (non-hydrogen) atoms. The number of anilines is 1. The Labute approximate surface area is 209 Å². The van der Waals surface area contributed by atoms with E-state index in [1.165, 1.54) is 18.5 Å². The second-order valence-electron chi connectivity index (χ2n) is 7.31. The number of carboxylic acids is 2. The molecule has 14 heteroatoms. The zero-order valence-electron chi connectivity index (χ0n) is 21.8. The fourth-order valence-corrected chi connectivity index (χ4v) is 2.77. The molecule has 1 aliphatic heterocycles. The standard InChI is InChI=1S/C18H19FN6O3.C4H6O4/c1-27-24-13-8-25(9-13)18-22-6-12(7-23-18)14-4-2-3-11(17(14)19)10-28-16(26)5-15(20)21;5-3(6)1-2-4(7)8/h2-4,6-7H,5,8-10H2,1H3,(H3,20,21);1-2H2,(H,5,6)(H,7,8)/i1D3;. The number of hydrogen-bond acceptors (Lipinski definition) is 10. The van der Waals surface area contributed by atoms with Gasteiger partial charge in [-0.15, -0.1) is 0 Å². The lowest BCUT2D eigenvalue weighted by Gasteiger charge is -2.31. The second kappa shape index (κ2) is 13.3. The van der Waals surface area contributed by atoms with Crippen LogP contribution in [0, 0.1) is 11.2 Å². The molecule has 0 saturated carbocycles. The van der Waals surface area contributed by atoms with Gasteiger partial charge in [0.1, 0.15) is 31.7 Å². The van der Waals surface area contributed by atoms with E-state index in [1.807, 2.05) is 0 Å². The number of hydrogen-bond donors (Lipinski definition) is 4. The van der Waals surface area contributed by atoms with Gasteiger partial charge in [-0.1, -0.05) is 23.4 Å². The van der Waals surface area contributed by atoms with Crippen LogP contribution in [0.5, 0.6) is 0 Å². The molecule has 1 aromatic heterocycles. The highest BCUT2D eigenvalue weighted by molar-refractivity contribution is 5.98. The lowest BCUT2D eigenvalue weighted by atomic mass is 10.1. The minimum Gasteiger partial charge on any atom is -0.481 e. The van der Waals surface area contributed by atoms with Gasteiger partial charge in [0.05, 0.1) is 35.8 Å². The molecule has 0 aliphatic carbocycles. The number of esters is 1. The van der Waals surface area contributed by atoms with Crippen LogP contribution in [-0.2, 0) is 30.6 Å². The van der Waals surface area contributed by atoms with Gasteiger partial charge in [0.15, 0.2) is 0 Å². The van der Waals surface area contributed by atoms with Gasteiger partial charge in [-0.3, -0.25) is 19.8 Å². The van der Waals surface area contributed by atoms with Crippen LogP contribution in [0.25, 0.3) is 11.1 Å². The molecule has 0 amide bonds. The van der Waals surface area contributed by atoms with Crippen molar-refractivity contribution in [3.63, 3.8) is 0 Å². The summed E-state index contributed by atoms with van der Waals surface area (Å²) in [7, 11) is -2.59. The Bertz CT molecular complexity index is 1220. The number of nitrogens with zero attached hydrogens (tertiary/aromatic N) is 4. The predicted molar refractivity (Wildman–Crippen MR) is 125 cm³/mol. The van der Waals surface area contributed by atoms with Crippen molar-refractivity contribution in [1.29, 1.82) is 5.41 Å². The first kappa shape index (κ1) is 23.1. The smallest absolute Gasteiger partial charge is 0.313 e. The van der Waals surface area contributed by atoms with Gasteiger partial charge < -0.3 is 30.4 Å². The molecule has 13 nitrogen and oxygen atoms in total. The number of carbonyl (C=O) groups excluding carboxylic acids is 1. The summed E-state index contributed by atoms with van der Waals surface area (Å²) in [6.07, 6.45) is 1.97. The van der Waals surface area contributed by atoms with Crippen LogP contribution in [0.4, 0.5) is 10.3 Å². The number of aromatic nitrogens is 2. The van der Waals surface area contributed by atoms with Gasteiger partial charge in [0, 0.05) is 29.1 Å². The highest BCUT2D eigenvalue weighted by Gasteiger charge is 2.25. The second-order valence-corrected chi connectivity index (χ2v) is 7.31. The minimum absolute atomic E-state index is 0.163. The van der Waals surface area contributed by atoms with E-state index >= 15 is 0 Å². The Morgan fingerprint density at radius 2 is 1.86 bits per heavy atom. The van der Waals surface area contributed by atoms with Crippen molar-refractivity contribution in [3.05, 3.63) is 42.0 Å². The van der Waals surface area contributed by atoms with E-state index in [1.54, 1.807) is 17.0 Å². The summed E-state index contributed by atoms with van der Waals surface area (Å²) in [5.74, 6) is -3.39. The van der Waals surface area contributed by atoms with Crippen LogP contribution in [0.2, 0.25) is 0 Å². The zero-order chi connectivity index (χ0) is 29.2. The third-order valence-electron chi connectivity index (χ3n) is 4.51. The molecule has 2 aromatic rings. The summed E-state index contributed by atoms with van der Waals surface area (Å²) < 4.78 is 40.6. The normalized spacial score (nSPS) is 13.5. The zero-order valence-corrected chi connectivity index (χ0v) is 18.8. The Morgan fingerprint density at radius 1 is 1.22 bits per heavy atom. The van der Waals surface area contributed by atoms with Gasteiger partial charge in [-0.2, -0.15) is 0 Å². The third-order valence-corrected chi connectivity index (χ3v) is 4.51. The van der Waals surface area contributed by atoms with Crippen LogP contribution in [0.3, 0.4) is 0 Å². The number of oxime groups is 1. The van der Waals surface area contributed by atoms with Crippen LogP contribution in [0.1, 0.15) is 28.9 Å². The number of benzene rings is 1. The van der Waals surface area contributed by atoms with Gasteiger partial charge in [0.25, 0.3) is 0 Å². The maximum Gasteiger partial charge on any atom is 0.313 e. The summed E-state index contributed by atoms with van der Waals surface area (Å²) >= 11 is 0. The molecular formula is C22H25FN6O7. The van der Waals surface area contributed by atoms with Crippen molar-refractivity contribution in [2.24, 2.45) is 10.9 Å². The van der Waals surface area contributed by atoms with Gasteiger partial charge in [-0.25, -0.2) is 14.4 Å². The summed E-state index contributed by atoms with van der Waals surface area (Å²) in [5.41, 5.74) is 6.51. The van der Waals surface area contributed by atoms with E-state index < -0.39 is 30.8 Å². The monoisotopic (exact) mass is 507 g/mol. The van der Waals surface area contributed by atoms with E-state index in [4.69, 9.17) is 30.2 Å². The average molecular weight is 507 g/mol. The van der Waals surface area contributed by atoms with Crippen LogP contribution in [-0.4, -0.2) is 69.8 Å². The summed E-state index contributed by atoms with van der Waals surface area (Å²) in [4.78, 5) is 45.4. The quantitative estimate of drug-likeness (QED) is 0.157. The Morgan fingerprint density at radius 3 is 2.42 bits per heavy atom. The largest absolute Gasteiger partial charge is 0.481 e. The van der Waals surface area contributed by atoms with E-state index in [9.17, 15) is 18.8 Å². The van der Waals surface area contributed by atoms with Gasteiger partial charge in [0.2, 0.25) is 5.95 Å². The van der Waals surface area contributed by atoms with Gasteiger partial charge in [-0.05, 0) is 0 Å². The molecule has 1 fully saturated rings. The van der Waals surface area contributed by atoms with Crippen molar-refractivity contribution in [2.75, 3.05) is 25.0 Å². The molecule has 0 bridgehead atoms. The van der Waals surface area contributed by atoms with Crippen LogP contribution >= 0.6 is 0 Å². The Hall–Kier alpha value is -4.62. The molecule has 5 N–H and O–H groups in total. The molecule has 192 valence electrons. The number of amidine groups is 1. The van der Waals surface area contributed by atoms with Crippen LogP contribution < -0.4 is 10.6 Å². The van der Waals surface area contributed by atoms with Crippen molar-refractivity contribution < 1.29 is 42.7 Å². The molecule has 3 rings (SSSR count). The number of aliphatic carboxylic acids is 2. The molecule has 1 saturated heterocycles. The van der Waals surface area contributed by atoms with Crippen LogP contribution in [0.15, 0.2) is 35.7 Å². The summed E-state index contributed by atoms with van der Waals surface area (Å²) in [5, 5.41) is 26.4. The molecule has 1 aromatic carbocycles. The lowest BCUT2D eigenvalue weighted by Crippen LogP contribution is -2.48. The van der Waals surface area contributed by atoms with Crippen molar-refractivity contribution in [1.82, 2.24) is 9.97 Å². The van der Waals surface area contributed by atoms with E-state index in [0.717, 1.165) is 0 Å². The first-order valence-electron chi connectivity index (χ1n) is 11.8. The fraction of sp³-hybridized carbons (Fsp3) is 0.318. The average Bonchev–Trinajstić information content (AvgIpc) is 2.81. The third kappa shape index (κ3) is 8.62. The predicted octanol–water partition coefficient (Wildman–Crippen LogP) is 1.41. The first-order chi connectivity index (χ1) is 18.2. The summed E-state index contributed by atoms with van der Waals surface area (Å²) in [6, 6.07) is 4.65. The highest BCUT2D eigenvalue weighted by atomic mass is 19.1. The minimum atomic E-state index is -2.59. The lowest BCUT2D eigenvalue weighted by molar-refractivity contribution is -0.143. The molecule has 1 aliphatic rings. The number of nitrogens with one attached hydrogen (secondary N) is 1. The highest BCUT2D eigenvalue weighted by Crippen LogP contribution is 2.26. The number of rotatable bonds is 10. The number of nitrogens with two attached hydrogens (primary N) is 1. The van der Waals surface area contributed by atoms with E-state index in [0.29, 0.717) is 30.3 Å². The van der Waals surface area contributed by atoms with Crippen molar-refractivity contribution in [2.45, 2.75) is 25.9 Å². The summed E-state index contributed by atoms with van der Waals surface area (Å²) in [6.45, 7) is 0.356. The Balaban J connectivity index is 0.000000580. The topological polar surface area (TPSA) is 201 Å². The van der Waals surface area contributed by atoms with Crippen molar-refractivity contribution >= 4 is 35.4 Å². The molecule has 0 atom stereocenters. The maximum absolute atomic E-state index is 14.8. The van der Waals surface area contributed by atoms with E-state index in [2.05, 4.69) is 20.0 Å². The number of halogens is 1. The molecular weight excluding hydrogens is 479 g/mol. The molecule has 0 radical (unpaired) electrons. The number of carboxylic acid groups (broad SMARTS) is 2. The number of carbonyl (C=O) groups is 3.